The van der Waals surface area contributed by atoms with Gasteiger partial charge in [-0.2, -0.15) is 0 Å². The highest BCUT2D eigenvalue weighted by Gasteiger charge is 2.30. The van der Waals surface area contributed by atoms with Gasteiger partial charge >= 0.3 is 0 Å². The minimum absolute atomic E-state index is 0.265. The summed E-state index contributed by atoms with van der Waals surface area (Å²) in [4.78, 5) is 0. The van der Waals surface area contributed by atoms with E-state index in [9.17, 15) is 8.42 Å². The molecule has 1 aromatic carbocycles. The lowest BCUT2D eigenvalue weighted by Crippen LogP contribution is -2.30. The second-order valence-electron chi connectivity index (χ2n) is 4.46. The lowest BCUT2D eigenvalue weighted by Gasteiger charge is -2.12. The van der Waals surface area contributed by atoms with Gasteiger partial charge in [-0.1, -0.05) is 29.3 Å². The average Bonchev–Trinajstić information content (AvgIpc) is 2.62. The van der Waals surface area contributed by atoms with Crippen molar-refractivity contribution in [3.8, 4) is 0 Å². The third-order valence-corrected chi connectivity index (χ3v) is 6.18. The smallest absolute Gasteiger partial charge is 0.154 e. The fourth-order valence-electron chi connectivity index (χ4n) is 2.15. The molecule has 1 aliphatic heterocycles. The molecule has 0 bridgehead atoms. The van der Waals surface area contributed by atoms with E-state index in [4.69, 9.17) is 23.2 Å². The summed E-state index contributed by atoms with van der Waals surface area (Å²) in [6.45, 7) is 0.953. The Kier molecular flexibility index (Phi) is 4.54. The maximum absolute atomic E-state index is 11.6. The number of nitrogens with one attached hydrogen (secondary N) is 1. The average molecular weight is 308 g/mol. The molecule has 0 radical (unpaired) electrons. The van der Waals surface area contributed by atoms with Crippen LogP contribution in [0.2, 0.25) is 10.0 Å². The van der Waals surface area contributed by atoms with E-state index in [0.29, 0.717) is 28.9 Å². The number of hydrogen-bond acceptors (Lipinski definition) is 3. The van der Waals surface area contributed by atoms with Gasteiger partial charge in [0, 0.05) is 28.7 Å². The van der Waals surface area contributed by atoms with Crippen LogP contribution in [0.3, 0.4) is 0 Å². The van der Waals surface area contributed by atoms with Crippen molar-refractivity contribution >= 4 is 33.0 Å². The molecule has 1 aliphatic rings. The van der Waals surface area contributed by atoms with Crippen molar-refractivity contribution in [3.63, 3.8) is 0 Å². The SMILES string of the molecule is O=S1(=O)CCCC1CNCc1c(Cl)cccc1Cl. The molecule has 0 spiro atoms. The Morgan fingerprint density at radius 3 is 2.50 bits per heavy atom. The molecule has 0 saturated carbocycles. The van der Waals surface area contributed by atoms with E-state index in [1.54, 1.807) is 18.2 Å². The number of hydrogen-bond donors (Lipinski definition) is 1. The predicted molar refractivity (Wildman–Crippen MR) is 75.0 cm³/mol. The van der Waals surface area contributed by atoms with Crippen LogP contribution in [0.15, 0.2) is 18.2 Å². The lowest BCUT2D eigenvalue weighted by atomic mass is 10.2. The topological polar surface area (TPSA) is 46.2 Å². The van der Waals surface area contributed by atoms with Crippen LogP contribution in [0, 0.1) is 0 Å². The van der Waals surface area contributed by atoms with Crippen LogP contribution in [0.25, 0.3) is 0 Å². The molecule has 3 nitrogen and oxygen atoms in total. The first-order chi connectivity index (χ1) is 8.50. The molecule has 0 aliphatic carbocycles. The first kappa shape index (κ1) is 14.1. The number of benzene rings is 1. The largest absolute Gasteiger partial charge is 0.311 e. The third kappa shape index (κ3) is 3.18. The normalized spacial score (nSPS) is 22.2. The number of sulfone groups is 1. The molecule has 0 amide bonds. The maximum Gasteiger partial charge on any atom is 0.154 e. The maximum atomic E-state index is 11.6. The van der Waals surface area contributed by atoms with Gasteiger partial charge in [0.25, 0.3) is 0 Å². The highest BCUT2D eigenvalue weighted by Crippen LogP contribution is 2.24. The summed E-state index contributed by atoms with van der Waals surface area (Å²) >= 11 is 12.1. The van der Waals surface area contributed by atoms with Crippen LogP contribution < -0.4 is 5.32 Å². The van der Waals surface area contributed by atoms with Crippen molar-refractivity contribution in [2.75, 3.05) is 12.3 Å². The molecular formula is C12H15Cl2NO2S. The zero-order valence-electron chi connectivity index (χ0n) is 9.83. The highest BCUT2D eigenvalue weighted by atomic mass is 35.5. The summed E-state index contributed by atoms with van der Waals surface area (Å²) in [5, 5.41) is 4.07. The molecule has 1 atom stereocenters. The minimum Gasteiger partial charge on any atom is -0.311 e. The van der Waals surface area contributed by atoms with E-state index in [-0.39, 0.29) is 5.25 Å². The summed E-state index contributed by atoms with van der Waals surface area (Å²) in [6, 6.07) is 5.34. The van der Waals surface area contributed by atoms with E-state index in [1.165, 1.54) is 0 Å². The molecule has 1 heterocycles. The van der Waals surface area contributed by atoms with E-state index < -0.39 is 9.84 Å². The molecule has 0 aromatic heterocycles. The van der Waals surface area contributed by atoms with Crippen molar-refractivity contribution in [1.82, 2.24) is 5.32 Å². The predicted octanol–water partition coefficient (Wildman–Crippen LogP) is 2.66. The fourth-order valence-corrected chi connectivity index (χ4v) is 4.48. The van der Waals surface area contributed by atoms with Crippen LogP contribution in [0.4, 0.5) is 0 Å². The molecule has 1 unspecified atom stereocenters. The van der Waals surface area contributed by atoms with Crippen molar-refractivity contribution in [3.05, 3.63) is 33.8 Å². The van der Waals surface area contributed by atoms with Crippen molar-refractivity contribution in [2.45, 2.75) is 24.6 Å². The van der Waals surface area contributed by atoms with Crippen LogP contribution in [-0.2, 0) is 16.4 Å². The summed E-state index contributed by atoms with van der Waals surface area (Å²) in [7, 11) is -2.89. The quantitative estimate of drug-likeness (QED) is 0.930. The molecule has 100 valence electrons. The molecule has 2 rings (SSSR count). The van der Waals surface area contributed by atoms with Gasteiger partial charge in [0.2, 0.25) is 0 Å². The first-order valence-corrected chi connectivity index (χ1v) is 8.33. The van der Waals surface area contributed by atoms with Gasteiger partial charge in [0.15, 0.2) is 9.84 Å². The van der Waals surface area contributed by atoms with Gasteiger partial charge in [-0.05, 0) is 25.0 Å². The molecule has 1 saturated heterocycles. The zero-order chi connectivity index (χ0) is 13.2. The standard InChI is InChI=1S/C12H15Cl2NO2S/c13-11-4-1-5-12(14)10(11)8-15-7-9-3-2-6-18(9,16)17/h1,4-5,9,15H,2-3,6-8H2. The Morgan fingerprint density at radius 1 is 1.28 bits per heavy atom. The van der Waals surface area contributed by atoms with Crippen molar-refractivity contribution in [1.29, 1.82) is 0 Å². The van der Waals surface area contributed by atoms with E-state index >= 15 is 0 Å². The van der Waals surface area contributed by atoms with Crippen LogP contribution in [-0.4, -0.2) is 26.0 Å². The Morgan fingerprint density at radius 2 is 1.94 bits per heavy atom. The molecular weight excluding hydrogens is 293 g/mol. The Hall–Kier alpha value is -0.290. The van der Waals surface area contributed by atoms with E-state index in [1.807, 2.05) is 0 Å². The molecule has 1 fully saturated rings. The molecule has 6 heteroatoms. The summed E-state index contributed by atoms with van der Waals surface area (Å²) in [5.74, 6) is 0.312. The number of halogens is 2. The van der Waals surface area contributed by atoms with E-state index in [0.717, 1.165) is 18.4 Å². The summed E-state index contributed by atoms with van der Waals surface area (Å²) in [5.41, 5.74) is 0.816. The first-order valence-electron chi connectivity index (χ1n) is 5.86. The molecule has 1 aromatic rings. The zero-order valence-corrected chi connectivity index (χ0v) is 12.2. The van der Waals surface area contributed by atoms with Crippen LogP contribution in [0.1, 0.15) is 18.4 Å². The summed E-state index contributed by atoms with van der Waals surface area (Å²) < 4.78 is 23.3. The van der Waals surface area contributed by atoms with Gasteiger partial charge in [-0.25, -0.2) is 8.42 Å². The van der Waals surface area contributed by atoms with Gasteiger partial charge in [-0.3, -0.25) is 0 Å². The van der Waals surface area contributed by atoms with Crippen molar-refractivity contribution in [2.24, 2.45) is 0 Å². The Bertz CT molecular complexity index is 511. The van der Waals surface area contributed by atoms with Gasteiger partial charge in [0.05, 0.1) is 11.0 Å². The minimum atomic E-state index is -2.89. The third-order valence-electron chi connectivity index (χ3n) is 3.20. The lowest BCUT2D eigenvalue weighted by molar-refractivity contribution is 0.574. The highest BCUT2D eigenvalue weighted by molar-refractivity contribution is 7.92. The Labute approximate surface area is 117 Å². The van der Waals surface area contributed by atoms with Crippen LogP contribution in [0.5, 0.6) is 0 Å². The van der Waals surface area contributed by atoms with Gasteiger partial charge < -0.3 is 5.32 Å². The fraction of sp³-hybridized carbons (Fsp3) is 0.500. The molecule has 1 N–H and O–H groups in total. The summed E-state index contributed by atoms with van der Waals surface area (Å²) in [6.07, 6.45) is 1.51. The van der Waals surface area contributed by atoms with Gasteiger partial charge in [0.1, 0.15) is 0 Å². The van der Waals surface area contributed by atoms with E-state index in [2.05, 4.69) is 5.32 Å². The second kappa shape index (κ2) is 5.78. The van der Waals surface area contributed by atoms with Crippen molar-refractivity contribution < 1.29 is 8.42 Å². The Balaban J connectivity index is 1.93. The second-order valence-corrected chi connectivity index (χ2v) is 7.68. The molecule has 18 heavy (non-hydrogen) atoms. The monoisotopic (exact) mass is 307 g/mol. The van der Waals surface area contributed by atoms with Gasteiger partial charge in [-0.15, -0.1) is 0 Å². The van der Waals surface area contributed by atoms with Crippen LogP contribution >= 0.6 is 23.2 Å². The number of rotatable bonds is 4.